The lowest BCUT2D eigenvalue weighted by Crippen LogP contribution is -2.36. The van der Waals surface area contributed by atoms with Crippen LogP contribution in [0.5, 0.6) is 0 Å². The lowest BCUT2D eigenvalue weighted by atomic mass is 9.97. The van der Waals surface area contributed by atoms with Crippen LogP contribution in [0.1, 0.15) is 25.3 Å². The molecule has 4 nitrogen and oxygen atoms in total. The predicted molar refractivity (Wildman–Crippen MR) is 88.4 cm³/mol. The molecule has 1 fully saturated rings. The van der Waals surface area contributed by atoms with Gasteiger partial charge in [0.15, 0.2) is 0 Å². The molecule has 3 rings (SSSR count). The Morgan fingerprint density at radius 3 is 3.00 bits per heavy atom. The average Bonchev–Trinajstić information content (AvgIpc) is 3.18. The van der Waals surface area contributed by atoms with E-state index in [4.69, 9.17) is 0 Å². The van der Waals surface area contributed by atoms with Gasteiger partial charge in [-0.05, 0) is 56.4 Å². The summed E-state index contributed by atoms with van der Waals surface area (Å²) in [5, 5.41) is 13.0. The molecule has 2 aromatic heterocycles. The highest BCUT2D eigenvalue weighted by Crippen LogP contribution is 2.25. The molecule has 0 saturated carbocycles. The lowest BCUT2D eigenvalue weighted by molar-refractivity contribution is 0.190. The van der Waals surface area contributed by atoms with E-state index in [9.17, 15) is 0 Å². The molecule has 5 heteroatoms. The molecule has 0 radical (unpaired) electrons. The number of hydrogen-bond donors (Lipinski definition) is 2. The summed E-state index contributed by atoms with van der Waals surface area (Å²) in [7, 11) is 0. The second-order valence-electron chi connectivity index (χ2n) is 5.76. The van der Waals surface area contributed by atoms with Crippen LogP contribution in [0, 0.1) is 5.92 Å². The highest BCUT2D eigenvalue weighted by Gasteiger charge is 2.17. The largest absolute Gasteiger partial charge is 0.312 e. The second-order valence-corrected chi connectivity index (χ2v) is 6.70. The van der Waals surface area contributed by atoms with Crippen LogP contribution in [0.3, 0.4) is 0 Å². The zero-order valence-electron chi connectivity index (χ0n) is 12.6. The van der Waals surface area contributed by atoms with Crippen LogP contribution in [0.4, 0.5) is 0 Å². The third kappa shape index (κ3) is 3.73. The molecule has 0 spiro atoms. The Labute approximate surface area is 130 Å². The number of likely N-dealkylation sites (tertiary alicyclic amines) is 1. The number of hydrogen-bond acceptors (Lipinski definition) is 4. The summed E-state index contributed by atoms with van der Waals surface area (Å²) in [6.07, 6.45) is 4.59. The van der Waals surface area contributed by atoms with E-state index in [1.807, 2.05) is 6.20 Å². The Balaban J connectivity index is 1.47. The van der Waals surface area contributed by atoms with Crippen molar-refractivity contribution in [2.75, 3.05) is 26.2 Å². The molecular weight excluding hydrogens is 280 g/mol. The molecule has 2 aromatic rings. The number of aromatic nitrogens is 2. The Morgan fingerprint density at radius 2 is 2.29 bits per heavy atom. The first kappa shape index (κ1) is 14.8. The van der Waals surface area contributed by atoms with Crippen molar-refractivity contribution in [3.05, 3.63) is 29.3 Å². The molecule has 0 aromatic carbocycles. The van der Waals surface area contributed by atoms with Crippen LogP contribution in [0.25, 0.3) is 10.6 Å². The van der Waals surface area contributed by atoms with Gasteiger partial charge in [0.2, 0.25) is 0 Å². The van der Waals surface area contributed by atoms with E-state index in [1.54, 1.807) is 11.3 Å². The number of nitrogens with zero attached hydrogens (tertiary/aromatic N) is 2. The van der Waals surface area contributed by atoms with Crippen molar-refractivity contribution >= 4 is 11.3 Å². The van der Waals surface area contributed by atoms with Gasteiger partial charge in [0.1, 0.15) is 0 Å². The maximum Gasteiger partial charge on any atom is 0.0794 e. The van der Waals surface area contributed by atoms with Crippen molar-refractivity contribution in [1.29, 1.82) is 0 Å². The van der Waals surface area contributed by atoms with E-state index in [1.165, 1.54) is 48.6 Å². The normalized spacial score (nSPS) is 17.4. The first-order valence-corrected chi connectivity index (χ1v) is 8.74. The Bertz CT molecular complexity index is 526. The number of thiophene rings is 1. The molecule has 21 heavy (non-hydrogen) atoms. The minimum atomic E-state index is 0.824. The Hall–Kier alpha value is -1.17. The summed E-state index contributed by atoms with van der Waals surface area (Å²) in [5.74, 6) is 0.824. The minimum absolute atomic E-state index is 0.824. The topological polar surface area (TPSA) is 44.0 Å². The van der Waals surface area contributed by atoms with Crippen LogP contribution in [0.15, 0.2) is 23.7 Å². The molecule has 0 aliphatic carbocycles. The molecule has 0 bridgehead atoms. The van der Waals surface area contributed by atoms with Gasteiger partial charge in [-0.25, -0.2) is 0 Å². The van der Waals surface area contributed by atoms with Crippen molar-refractivity contribution in [3.8, 4) is 10.6 Å². The molecule has 1 aliphatic rings. The SMILES string of the molecule is CCN1CCC(CNCc2cn[nH]c2-c2cccs2)CC1. The van der Waals surface area contributed by atoms with Gasteiger partial charge < -0.3 is 10.2 Å². The first-order chi connectivity index (χ1) is 10.4. The van der Waals surface area contributed by atoms with Crippen LogP contribution in [-0.4, -0.2) is 41.3 Å². The van der Waals surface area contributed by atoms with Gasteiger partial charge in [-0.1, -0.05) is 13.0 Å². The maximum absolute atomic E-state index is 4.20. The van der Waals surface area contributed by atoms with Crippen molar-refractivity contribution in [1.82, 2.24) is 20.4 Å². The number of nitrogens with one attached hydrogen (secondary N) is 2. The quantitative estimate of drug-likeness (QED) is 0.862. The summed E-state index contributed by atoms with van der Waals surface area (Å²) in [4.78, 5) is 3.81. The second kappa shape index (κ2) is 7.20. The average molecular weight is 304 g/mol. The molecule has 0 atom stereocenters. The summed E-state index contributed by atoms with van der Waals surface area (Å²) in [6.45, 7) is 7.98. The molecular formula is C16H24N4S. The lowest BCUT2D eigenvalue weighted by Gasteiger charge is -2.31. The van der Waals surface area contributed by atoms with Crippen molar-refractivity contribution in [2.45, 2.75) is 26.3 Å². The smallest absolute Gasteiger partial charge is 0.0794 e. The highest BCUT2D eigenvalue weighted by molar-refractivity contribution is 7.13. The van der Waals surface area contributed by atoms with E-state index in [0.29, 0.717) is 0 Å². The van der Waals surface area contributed by atoms with Gasteiger partial charge in [-0.3, -0.25) is 5.10 Å². The van der Waals surface area contributed by atoms with Gasteiger partial charge in [0.05, 0.1) is 16.8 Å². The zero-order chi connectivity index (χ0) is 14.5. The van der Waals surface area contributed by atoms with Gasteiger partial charge in [-0.15, -0.1) is 11.3 Å². The Kier molecular flexibility index (Phi) is 5.06. The fourth-order valence-electron chi connectivity index (χ4n) is 3.00. The van der Waals surface area contributed by atoms with Crippen LogP contribution >= 0.6 is 11.3 Å². The first-order valence-electron chi connectivity index (χ1n) is 7.86. The van der Waals surface area contributed by atoms with Crippen molar-refractivity contribution < 1.29 is 0 Å². The molecule has 1 aliphatic heterocycles. The highest BCUT2D eigenvalue weighted by atomic mass is 32.1. The maximum atomic E-state index is 4.20. The van der Waals surface area contributed by atoms with Crippen LogP contribution < -0.4 is 5.32 Å². The van der Waals surface area contributed by atoms with Gasteiger partial charge >= 0.3 is 0 Å². The molecule has 3 heterocycles. The van der Waals surface area contributed by atoms with Crippen LogP contribution in [0.2, 0.25) is 0 Å². The monoisotopic (exact) mass is 304 g/mol. The van der Waals surface area contributed by atoms with E-state index in [-0.39, 0.29) is 0 Å². The molecule has 114 valence electrons. The number of H-pyrrole nitrogens is 1. The third-order valence-corrected chi connectivity index (χ3v) is 5.28. The summed E-state index contributed by atoms with van der Waals surface area (Å²) in [6, 6.07) is 4.22. The van der Waals surface area contributed by atoms with Crippen LogP contribution in [-0.2, 0) is 6.54 Å². The Morgan fingerprint density at radius 1 is 1.43 bits per heavy atom. The molecule has 1 saturated heterocycles. The number of aromatic amines is 1. The number of piperidine rings is 1. The fraction of sp³-hybridized carbons (Fsp3) is 0.562. The summed E-state index contributed by atoms with van der Waals surface area (Å²) < 4.78 is 0. The summed E-state index contributed by atoms with van der Waals surface area (Å²) >= 11 is 1.75. The van der Waals surface area contributed by atoms with Gasteiger partial charge in [-0.2, -0.15) is 5.10 Å². The van der Waals surface area contributed by atoms with E-state index in [0.717, 1.165) is 19.0 Å². The zero-order valence-corrected chi connectivity index (χ0v) is 13.5. The van der Waals surface area contributed by atoms with Crippen molar-refractivity contribution in [2.24, 2.45) is 5.92 Å². The standard InChI is InChI=1S/C16H24N4S/c1-2-20-7-5-13(6-8-20)10-17-11-14-12-18-19-16(14)15-4-3-9-21-15/h3-4,9,12-13,17H,2,5-8,10-11H2,1H3,(H,18,19). The van der Waals surface area contributed by atoms with Crippen molar-refractivity contribution in [3.63, 3.8) is 0 Å². The van der Waals surface area contributed by atoms with E-state index < -0.39 is 0 Å². The molecule has 0 unspecified atom stereocenters. The molecule has 2 N–H and O–H groups in total. The third-order valence-electron chi connectivity index (χ3n) is 4.39. The van der Waals surface area contributed by atoms with E-state index >= 15 is 0 Å². The summed E-state index contributed by atoms with van der Waals surface area (Å²) in [5.41, 5.74) is 2.43. The number of rotatable bonds is 6. The minimum Gasteiger partial charge on any atom is -0.312 e. The fourth-order valence-corrected chi connectivity index (χ4v) is 3.75. The van der Waals surface area contributed by atoms with E-state index in [2.05, 4.69) is 44.9 Å². The molecule has 0 amide bonds. The van der Waals surface area contributed by atoms with Gasteiger partial charge in [0.25, 0.3) is 0 Å². The van der Waals surface area contributed by atoms with Gasteiger partial charge in [0, 0.05) is 12.1 Å². The predicted octanol–water partition coefficient (Wildman–Crippen LogP) is 2.96.